The van der Waals surface area contributed by atoms with Gasteiger partial charge in [0.25, 0.3) is 0 Å². The van der Waals surface area contributed by atoms with Crippen molar-refractivity contribution in [3.8, 4) is 0 Å². The molecule has 1 aromatic carbocycles. The summed E-state index contributed by atoms with van der Waals surface area (Å²) in [5.41, 5.74) is -0.441. The number of carboxylic acid groups (broad SMARTS) is 1. The Morgan fingerprint density at radius 3 is 2.26 bits per heavy atom. The van der Waals surface area contributed by atoms with E-state index in [1.165, 1.54) is 0 Å². The molecule has 0 spiro atoms. The average Bonchev–Trinajstić information content (AvgIpc) is 2.97. The van der Waals surface area contributed by atoms with Crippen LogP contribution in [-0.2, 0) is 19.4 Å². The number of furan rings is 1. The summed E-state index contributed by atoms with van der Waals surface area (Å²) in [7, 11) is -4.26. The van der Waals surface area contributed by atoms with Crippen LogP contribution in [0.5, 0.6) is 0 Å². The molecule has 7 nitrogen and oxygen atoms in total. The molecule has 23 heavy (non-hydrogen) atoms. The molecule has 1 aromatic heterocycles. The third kappa shape index (κ3) is 3.34. The van der Waals surface area contributed by atoms with Crippen LogP contribution < -0.4 is 0 Å². The van der Waals surface area contributed by atoms with Gasteiger partial charge in [0.1, 0.15) is 5.82 Å². The highest BCUT2D eigenvalue weighted by atomic mass is 32.2. The van der Waals surface area contributed by atoms with Crippen molar-refractivity contribution < 1.29 is 36.7 Å². The van der Waals surface area contributed by atoms with Gasteiger partial charge < -0.3 is 9.52 Å². The molecular formula is C14H9FO7S. The summed E-state index contributed by atoms with van der Waals surface area (Å²) >= 11 is 0. The van der Waals surface area contributed by atoms with Crippen LogP contribution in [0.1, 0.15) is 16.8 Å². The quantitative estimate of drug-likeness (QED) is 0.366. The fourth-order valence-corrected chi connectivity index (χ4v) is 3.11. The van der Waals surface area contributed by atoms with Crippen LogP contribution in [0.25, 0.3) is 0 Å². The average molecular weight is 340 g/mol. The van der Waals surface area contributed by atoms with Gasteiger partial charge in [-0.1, -0.05) is 0 Å². The molecule has 0 unspecified atom stereocenters. The first-order valence-electron chi connectivity index (χ1n) is 6.11. The summed E-state index contributed by atoms with van der Waals surface area (Å²) in [4.78, 5) is 33.1. The van der Waals surface area contributed by atoms with E-state index in [1.54, 1.807) is 0 Å². The third-order valence-corrected chi connectivity index (χ3v) is 4.55. The molecular weight excluding hydrogens is 331 g/mol. The van der Waals surface area contributed by atoms with Gasteiger partial charge >= 0.3 is 5.97 Å². The lowest BCUT2D eigenvalue weighted by molar-refractivity contribution is -0.148. The van der Waals surface area contributed by atoms with Gasteiger partial charge in [0, 0.05) is 0 Å². The Balaban J connectivity index is 2.40. The van der Waals surface area contributed by atoms with Gasteiger partial charge in [0.05, 0.1) is 23.1 Å². The van der Waals surface area contributed by atoms with Crippen LogP contribution in [0.15, 0.2) is 51.0 Å². The second-order valence-electron chi connectivity index (χ2n) is 4.41. The van der Waals surface area contributed by atoms with Crippen molar-refractivity contribution in [3.63, 3.8) is 0 Å². The fraction of sp³-hybridized carbons (Fsp3) is 0.0714. The summed E-state index contributed by atoms with van der Waals surface area (Å²) in [6, 6.07) is 4.85. The molecule has 0 amide bonds. The van der Waals surface area contributed by atoms with E-state index in [9.17, 15) is 27.2 Å². The van der Waals surface area contributed by atoms with E-state index < -0.39 is 50.3 Å². The normalized spacial score (nSPS) is 11.2. The largest absolute Gasteiger partial charge is 0.475 e. The summed E-state index contributed by atoms with van der Waals surface area (Å²) in [6.07, 6.45) is -0.0737. The van der Waals surface area contributed by atoms with Crippen LogP contribution in [0.4, 0.5) is 4.39 Å². The molecule has 0 fully saturated rings. The monoisotopic (exact) mass is 340 g/mol. The molecule has 0 saturated heterocycles. The second-order valence-corrected chi connectivity index (χ2v) is 6.26. The van der Waals surface area contributed by atoms with Crippen LogP contribution in [-0.4, -0.2) is 31.1 Å². The number of carbonyl (C=O) groups is 3. The molecule has 0 radical (unpaired) electrons. The minimum Gasteiger partial charge on any atom is -0.475 e. The van der Waals surface area contributed by atoms with Crippen LogP contribution in [0.2, 0.25) is 0 Å². The summed E-state index contributed by atoms with van der Waals surface area (Å²) in [6.45, 7) is 0. The molecule has 120 valence electrons. The van der Waals surface area contributed by atoms with Gasteiger partial charge in [-0.05, 0) is 30.3 Å². The first kappa shape index (κ1) is 16.6. The van der Waals surface area contributed by atoms with Gasteiger partial charge in [-0.3, -0.25) is 9.59 Å². The van der Waals surface area contributed by atoms with Crippen molar-refractivity contribution in [2.24, 2.45) is 0 Å². The standard InChI is InChI=1S/C14H9FO7S/c15-8-1-3-9(4-2-8)23(20,21)14-10(5-6-22-14)11(16)7-12(17)13(18)19/h1-6H,7H2,(H,18,19). The van der Waals surface area contributed by atoms with E-state index >= 15 is 0 Å². The molecule has 9 heteroatoms. The van der Waals surface area contributed by atoms with Crippen molar-refractivity contribution in [3.05, 3.63) is 48.0 Å². The Kier molecular flexibility index (Phi) is 4.41. The number of hydrogen-bond acceptors (Lipinski definition) is 6. The maximum Gasteiger partial charge on any atom is 0.372 e. The number of ketones is 2. The van der Waals surface area contributed by atoms with Crippen molar-refractivity contribution >= 4 is 27.4 Å². The van der Waals surface area contributed by atoms with Crippen LogP contribution in [0.3, 0.4) is 0 Å². The second kappa shape index (κ2) is 6.13. The molecule has 2 rings (SSSR count). The van der Waals surface area contributed by atoms with E-state index in [1.807, 2.05) is 0 Å². The van der Waals surface area contributed by atoms with E-state index in [-0.39, 0.29) is 4.90 Å². The Morgan fingerprint density at radius 2 is 1.70 bits per heavy atom. The molecule has 2 aromatic rings. The number of carboxylic acids is 1. The van der Waals surface area contributed by atoms with E-state index in [4.69, 9.17) is 9.52 Å². The van der Waals surface area contributed by atoms with Crippen LogP contribution in [0, 0.1) is 5.82 Å². The summed E-state index contributed by atoms with van der Waals surface area (Å²) < 4.78 is 42.5. The minimum absolute atomic E-state index is 0.313. The number of sulfone groups is 1. The Labute approximate surface area is 129 Å². The molecule has 0 atom stereocenters. The maximum atomic E-state index is 12.9. The molecule has 0 aliphatic rings. The molecule has 0 aliphatic carbocycles. The first-order valence-corrected chi connectivity index (χ1v) is 7.59. The lowest BCUT2D eigenvalue weighted by Gasteiger charge is -2.04. The fourth-order valence-electron chi connectivity index (χ4n) is 1.75. The number of benzene rings is 1. The Bertz CT molecular complexity index is 878. The smallest absolute Gasteiger partial charge is 0.372 e. The third-order valence-electron chi connectivity index (χ3n) is 2.86. The highest BCUT2D eigenvalue weighted by Crippen LogP contribution is 2.26. The van der Waals surface area contributed by atoms with Crippen molar-refractivity contribution in [2.75, 3.05) is 0 Å². The highest BCUT2D eigenvalue weighted by Gasteiger charge is 2.29. The van der Waals surface area contributed by atoms with Gasteiger partial charge in [-0.25, -0.2) is 17.6 Å². The zero-order valence-electron chi connectivity index (χ0n) is 11.4. The topological polar surface area (TPSA) is 119 Å². The lowest BCUT2D eigenvalue weighted by atomic mass is 10.1. The number of halogens is 1. The zero-order chi connectivity index (χ0) is 17.2. The number of hydrogen-bond donors (Lipinski definition) is 1. The summed E-state index contributed by atoms with van der Waals surface area (Å²) in [5.74, 6) is -4.83. The highest BCUT2D eigenvalue weighted by molar-refractivity contribution is 7.91. The number of aliphatic carboxylic acids is 1. The van der Waals surface area contributed by atoms with E-state index in [0.717, 1.165) is 36.6 Å². The predicted octanol–water partition coefficient (Wildman–Crippen LogP) is 1.48. The Hall–Kier alpha value is -2.81. The molecule has 1 heterocycles. The Morgan fingerprint density at radius 1 is 1.09 bits per heavy atom. The van der Waals surface area contributed by atoms with Crippen LogP contribution >= 0.6 is 0 Å². The summed E-state index contributed by atoms with van der Waals surface area (Å²) in [5, 5.41) is 7.75. The molecule has 0 bridgehead atoms. The van der Waals surface area contributed by atoms with Gasteiger partial charge in [0.2, 0.25) is 20.7 Å². The van der Waals surface area contributed by atoms with Crippen molar-refractivity contribution in [1.82, 2.24) is 0 Å². The number of rotatable bonds is 6. The van der Waals surface area contributed by atoms with Crippen molar-refractivity contribution in [2.45, 2.75) is 16.4 Å². The van der Waals surface area contributed by atoms with Gasteiger partial charge in [0.15, 0.2) is 5.78 Å². The predicted molar refractivity (Wildman–Crippen MR) is 72.2 cm³/mol. The van der Waals surface area contributed by atoms with E-state index in [2.05, 4.69) is 0 Å². The van der Waals surface area contributed by atoms with Crippen molar-refractivity contribution in [1.29, 1.82) is 0 Å². The van der Waals surface area contributed by atoms with E-state index in [0.29, 0.717) is 0 Å². The van der Waals surface area contributed by atoms with Gasteiger partial charge in [-0.2, -0.15) is 0 Å². The SMILES string of the molecule is O=C(O)C(=O)CC(=O)c1ccoc1S(=O)(=O)c1ccc(F)cc1. The number of Topliss-reactive ketones (excluding diaryl/α,β-unsaturated/α-hetero) is 2. The molecule has 0 aliphatic heterocycles. The minimum atomic E-state index is -4.26. The number of carbonyl (C=O) groups excluding carboxylic acids is 2. The zero-order valence-corrected chi connectivity index (χ0v) is 12.2. The molecule has 0 saturated carbocycles. The lowest BCUT2D eigenvalue weighted by Crippen LogP contribution is -2.18. The maximum absolute atomic E-state index is 12.9. The molecule has 1 N–H and O–H groups in total. The van der Waals surface area contributed by atoms with Gasteiger partial charge in [-0.15, -0.1) is 0 Å². The first-order chi connectivity index (χ1) is 10.7.